The van der Waals surface area contributed by atoms with Crippen LogP contribution in [0.2, 0.25) is 0 Å². The number of hydrogen-bond donors (Lipinski definition) is 0. The molecule has 0 aromatic heterocycles. The Hall–Kier alpha value is -1.10. The van der Waals surface area contributed by atoms with Crippen molar-refractivity contribution < 1.29 is 9.47 Å². The molecule has 3 unspecified atom stereocenters. The van der Waals surface area contributed by atoms with Crippen molar-refractivity contribution >= 4 is 5.69 Å². The van der Waals surface area contributed by atoms with Crippen molar-refractivity contribution in [1.82, 2.24) is 4.90 Å². The summed E-state index contributed by atoms with van der Waals surface area (Å²) in [6, 6.07) is 9.60. The van der Waals surface area contributed by atoms with Gasteiger partial charge in [-0.3, -0.25) is 4.90 Å². The summed E-state index contributed by atoms with van der Waals surface area (Å²) in [6.45, 7) is 3.23. The zero-order valence-electron chi connectivity index (χ0n) is 16.8. The summed E-state index contributed by atoms with van der Waals surface area (Å²) in [7, 11) is 5.98. The molecule has 2 aliphatic rings. The zero-order valence-corrected chi connectivity index (χ0v) is 16.8. The van der Waals surface area contributed by atoms with Crippen LogP contribution >= 0.6 is 0 Å². The number of likely N-dealkylation sites (tertiary alicyclic amines) is 1. The van der Waals surface area contributed by atoms with E-state index < -0.39 is 0 Å². The highest BCUT2D eigenvalue weighted by molar-refractivity contribution is 5.48. The third-order valence-corrected chi connectivity index (χ3v) is 6.15. The van der Waals surface area contributed by atoms with Crippen LogP contribution in [0.1, 0.15) is 50.1 Å². The topological polar surface area (TPSA) is 24.9 Å². The first kappa shape index (κ1) is 19.7. The van der Waals surface area contributed by atoms with Crippen LogP contribution in [0.15, 0.2) is 24.3 Å². The fraction of sp³-hybridized carbons (Fsp3) is 0.727. The van der Waals surface area contributed by atoms with Crippen LogP contribution in [-0.2, 0) is 9.47 Å². The molecule has 3 atom stereocenters. The number of nitrogens with zero attached hydrogens (tertiary/aromatic N) is 2. The van der Waals surface area contributed by atoms with Gasteiger partial charge in [0.25, 0.3) is 0 Å². The molecule has 4 heteroatoms. The molecule has 4 nitrogen and oxygen atoms in total. The number of hydrogen-bond acceptors (Lipinski definition) is 4. The summed E-state index contributed by atoms with van der Waals surface area (Å²) < 4.78 is 11.1. The minimum Gasteiger partial charge on any atom is -0.382 e. The summed E-state index contributed by atoms with van der Waals surface area (Å²) in [5.74, 6) is 1.58. The lowest BCUT2D eigenvalue weighted by Crippen LogP contribution is -2.29. The van der Waals surface area contributed by atoms with Crippen molar-refractivity contribution in [2.24, 2.45) is 11.8 Å². The lowest BCUT2D eigenvalue weighted by molar-refractivity contribution is -0.00655. The lowest BCUT2D eigenvalue weighted by atomic mass is 9.79. The largest absolute Gasteiger partial charge is 0.382 e. The molecule has 1 saturated heterocycles. The smallest absolute Gasteiger partial charge is 0.0996 e. The molecule has 0 radical (unpaired) electrons. The molecule has 1 aliphatic carbocycles. The van der Waals surface area contributed by atoms with E-state index in [9.17, 15) is 0 Å². The van der Waals surface area contributed by atoms with Crippen molar-refractivity contribution in [3.63, 3.8) is 0 Å². The highest BCUT2D eigenvalue weighted by Gasteiger charge is 2.42. The van der Waals surface area contributed by atoms with Gasteiger partial charge < -0.3 is 14.4 Å². The molecule has 3 rings (SSSR count). The maximum Gasteiger partial charge on any atom is 0.0996 e. The van der Waals surface area contributed by atoms with Gasteiger partial charge in [0.15, 0.2) is 0 Å². The summed E-state index contributed by atoms with van der Waals surface area (Å²) in [5.41, 5.74) is 2.75. The fourth-order valence-corrected chi connectivity index (χ4v) is 4.82. The van der Waals surface area contributed by atoms with E-state index in [0.717, 1.165) is 11.8 Å². The first-order chi connectivity index (χ1) is 12.7. The first-order valence-corrected chi connectivity index (χ1v) is 10.3. The van der Waals surface area contributed by atoms with Crippen molar-refractivity contribution in [2.45, 2.75) is 44.6 Å². The molecule has 0 bridgehead atoms. The molecule has 2 fully saturated rings. The van der Waals surface area contributed by atoms with Gasteiger partial charge in [-0.15, -0.1) is 0 Å². The number of methoxy groups -OCH3 is 1. The van der Waals surface area contributed by atoms with E-state index in [2.05, 4.69) is 48.2 Å². The molecular formula is C22H36N2O2. The van der Waals surface area contributed by atoms with Gasteiger partial charge in [-0.05, 0) is 42.4 Å². The fourth-order valence-electron chi connectivity index (χ4n) is 4.82. The molecule has 1 saturated carbocycles. The van der Waals surface area contributed by atoms with Crippen molar-refractivity contribution in [3.8, 4) is 0 Å². The predicted molar refractivity (Wildman–Crippen MR) is 108 cm³/mol. The molecule has 146 valence electrons. The molecule has 1 aliphatic heterocycles. The van der Waals surface area contributed by atoms with Gasteiger partial charge in [0, 0.05) is 39.5 Å². The monoisotopic (exact) mass is 360 g/mol. The molecular weight excluding hydrogens is 324 g/mol. The minimum atomic E-state index is 0.487. The van der Waals surface area contributed by atoms with Crippen LogP contribution < -0.4 is 4.90 Å². The zero-order chi connectivity index (χ0) is 18.4. The highest BCUT2D eigenvalue weighted by atomic mass is 16.5. The van der Waals surface area contributed by atoms with Gasteiger partial charge in [-0.2, -0.15) is 0 Å². The Bertz CT molecular complexity index is 549. The van der Waals surface area contributed by atoms with E-state index in [0.29, 0.717) is 26.0 Å². The van der Waals surface area contributed by atoms with Crippen LogP contribution in [0.5, 0.6) is 0 Å². The number of rotatable bonds is 7. The number of ether oxygens (including phenoxy) is 2. The molecule has 0 amide bonds. The SMILES string of the molecule is COCCOCN1CC2CCCCCCC2C1c1cccc(N(C)C)c1. The van der Waals surface area contributed by atoms with E-state index in [1.165, 1.54) is 56.3 Å². The molecule has 0 N–H and O–H groups in total. The summed E-state index contributed by atoms with van der Waals surface area (Å²) >= 11 is 0. The molecule has 1 heterocycles. The van der Waals surface area contributed by atoms with Crippen molar-refractivity contribution in [1.29, 1.82) is 0 Å². The number of fused-ring (bicyclic) bond motifs is 1. The first-order valence-electron chi connectivity index (χ1n) is 10.3. The Morgan fingerprint density at radius 3 is 2.65 bits per heavy atom. The summed E-state index contributed by atoms with van der Waals surface area (Å²) in [6.07, 6.45) is 8.32. The number of benzene rings is 1. The van der Waals surface area contributed by atoms with E-state index in [1.807, 2.05) is 0 Å². The molecule has 1 aromatic rings. The average molecular weight is 361 g/mol. The Morgan fingerprint density at radius 2 is 1.88 bits per heavy atom. The second-order valence-corrected chi connectivity index (χ2v) is 8.15. The van der Waals surface area contributed by atoms with Gasteiger partial charge >= 0.3 is 0 Å². The molecule has 0 spiro atoms. The van der Waals surface area contributed by atoms with Crippen LogP contribution in [0, 0.1) is 11.8 Å². The van der Waals surface area contributed by atoms with Gasteiger partial charge in [0.2, 0.25) is 0 Å². The maximum atomic E-state index is 5.95. The average Bonchev–Trinajstić information content (AvgIpc) is 2.95. The second kappa shape index (κ2) is 9.72. The predicted octanol–water partition coefficient (Wildman–Crippen LogP) is 4.32. The Morgan fingerprint density at radius 1 is 1.08 bits per heavy atom. The van der Waals surface area contributed by atoms with E-state index in [4.69, 9.17) is 9.47 Å². The van der Waals surface area contributed by atoms with Gasteiger partial charge in [0.05, 0.1) is 19.9 Å². The maximum absolute atomic E-state index is 5.95. The molecule has 1 aromatic carbocycles. The third-order valence-electron chi connectivity index (χ3n) is 6.15. The van der Waals surface area contributed by atoms with E-state index in [-0.39, 0.29) is 0 Å². The van der Waals surface area contributed by atoms with Gasteiger partial charge in [-0.25, -0.2) is 0 Å². The van der Waals surface area contributed by atoms with Gasteiger partial charge in [-0.1, -0.05) is 37.8 Å². The third kappa shape index (κ3) is 4.79. The Labute approximate surface area is 159 Å². The highest BCUT2D eigenvalue weighted by Crippen LogP contribution is 2.46. The molecule has 26 heavy (non-hydrogen) atoms. The Kier molecular flexibility index (Phi) is 7.35. The van der Waals surface area contributed by atoms with Crippen LogP contribution in [0.4, 0.5) is 5.69 Å². The normalized spacial score (nSPS) is 27.0. The van der Waals surface area contributed by atoms with Crippen LogP contribution in [0.25, 0.3) is 0 Å². The van der Waals surface area contributed by atoms with Gasteiger partial charge in [0.1, 0.15) is 0 Å². The van der Waals surface area contributed by atoms with Crippen molar-refractivity contribution in [3.05, 3.63) is 29.8 Å². The van der Waals surface area contributed by atoms with Crippen LogP contribution in [0.3, 0.4) is 0 Å². The van der Waals surface area contributed by atoms with E-state index in [1.54, 1.807) is 7.11 Å². The van der Waals surface area contributed by atoms with Crippen LogP contribution in [-0.4, -0.2) is 52.6 Å². The quantitative estimate of drug-likeness (QED) is 0.676. The van der Waals surface area contributed by atoms with Crippen molar-refractivity contribution in [2.75, 3.05) is 52.6 Å². The second-order valence-electron chi connectivity index (χ2n) is 8.15. The lowest BCUT2D eigenvalue weighted by Gasteiger charge is -2.30. The summed E-state index contributed by atoms with van der Waals surface area (Å²) in [4.78, 5) is 4.79. The standard InChI is InChI=1S/C22H36N2O2/c1-23(2)20-11-8-10-18(15-20)22-21-12-7-5-4-6-9-19(21)16-24(22)17-26-14-13-25-3/h8,10-11,15,19,21-22H,4-7,9,12-14,16-17H2,1-3H3. The Balaban J connectivity index is 1.80. The minimum absolute atomic E-state index is 0.487. The van der Waals surface area contributed by atoms with E-state index >= 15 is 0 Å². The number of anilines is 1. The summed E-state index contributed by atoms with van der Waals surface area (Å²) in [5, 5.41) is 0.